The summed E-state index contributed by atoms with van der Waals surface area (Å²) >= 11 is 0. The van der Waals surface area contributed by atoms with Crippen molar-refractivity contribution >= 4 is 11.7 Å². The van der Waals surface area contributed by atoms with Gasteiger partial charge < -0.3 is 15.0 Å². The monoisotopic (exact) mass is 327 g/mol. The van der Waals surface area contributed by atoms with Crippen LogP contribution in [0.3, 0.4) is 0 Å². The summed E-state index contributed by atoms with van der Waals surface area (Å²) in [6.45, 7) is 3.75. The van der Waals surface area contributed by atoms with Crippen LogP contribution in [0.25, 0.3) is 0 Å². The Labute approximate surface area is 139 Å². The molecule has 1 aromatic carbocycles. The van der Waals surface area contributed by atoms with E-state index in [1.165, 1.54) is 6.20 Å². The number of rotatable bonds is 2. The van der Waals surface area contributed by atoms with E-state index in [1.54, 1.807) is 6.07 Å². The molecule has 0 saturated carbocycles. The van der Waals surface area contributed by atoms with Crippen LogP contribution in [-0.4, -0.2) is 37.1 Å². The number of esters is 1. The van der Waals surface area contributed by atoms with Gasteiger partial charge in [0.15, 0.2) is 0 Å². The highest BCUT2D eigenvalue weighted by Gasteiger charge is 2.32. The summed E-state index contributed by atoms with van der Waals surface area (Å²) in [5.74, 6) is -0.919. The molecule has 1 fully saturated rings. The van der Waals surface area contributed by atoms with Gasteiger partial charge in [-0.15, -0.1) is 0 Å². The molecule has 1 N–H and O–H groups in total. The Balaban J connectivity index is 1.61. The van der Waals surface area contributed by atoms with Crippen molar-refractivity contribution in [3.63, 3.8) is 0 Å². The van der Waals surface area contributed by atoms with Crippen LogP contribution in [0.2, 0.25) is 0 Å². The number of nitrogens with zero attached hydrogens (tertiary/aromatic N) is 2. The number of fused-ring (bicyclic) bond motifs is 1. The van der Waals surface area contributed by atoms with Crippen LogP contribution in [0, 0.1) is 5.82 Å². The number of carbonyl (C=O) groups is 1. The van der Waals surface area contributed by atoms with E-state index >= 15 is 0 Å². The maximum atomic E-state index is 13.9. The lowest BCUT2D eigenvalue weighted by Gasteiger charge is -2.31. The SMILES string of the molecule is O=C1Oc2cc(N3CCNCC3)ccc2CC1c1ccncc1F. The third-order valence-electron chi connectivity index (χ3n) is 4.63. The first kappa shape index (κ1) is 15.1. The zero-order valence-corrected chi connectivity index (χ0v) is 13.2. The normalized spacial score (nSPS) is 20.5. The summed E-state index contributed by atoms with van der Waals surface area (Å²) in [6, 6.07) is 7.48. The van der Waals surface area contributed by atoms with Crippen LogP contribution in [0.4, 0.5) is 10.1 Å². The van der Waals surface area contributed by atoms with Crippen molar-refractivity contribution in [2.45, 2.75) is 12.3 Å². The van der Waals surface area contributed by atoms with Gasteiger partial charge >= 0.3 is 5.97 Å². The van der Waals surface area contributed by atoms with Gasteiger partial charge in [-0.25, -0.2) is 4.39 Å². The molecule has 1 unspecified atom stereocenters. The van der Waals surface area contributed by atoms with Gasteiger partial charge in [0.1, 0.15) is 11.6 Å². The van der Waals surface area contributed by atoms with Crippen molar-refractivity contribution in [3.8, 4) is 5.75 Å². The molecular formula is C18H18FN3O2. The maximum absolute atomic E-state index is 13.9. The molecule has 6 heteroatoms. The second-order valence-electron chi connectivity index (χ2n) is 6.10. The lowest BCUT2D eigenvalue weighted by molar-refractivity contribution is -0.137. The molecule has 1 saturated heterocycles. The predicted octanol–water partition coefficient (Wildman–Crippen LogP) is 1.88. The van der Waals surface area contributed by atoms with Crippen LogP contribution < -0.4 is 15.0 Å². The number of benzene rings is 1. The summed E-state index contributed by atoms with van der Waals surface area (Å²) < 4.78 is 19.5. The number of ether oxygens (including phenoxy) is 1. The minimum absolute atomic E-state index is 0.340. The Morgan fingerprint density at radius 2 is 2.08 bits per heavy atom. The molecule has 2 aliphatic rings. The lowest BCUT2D eigenvalue weighted by Crippen LogP contribution is -2.43. The third-order valence-corrected chi connectivity index (χ3v) is 4.63. The predicted molar refractivity (Wildman–Crippen MR) is 87.8 cm³/mol. The fourth-order valence-corrected chi connectivity index (χ4v) is 3.31. The molecule has 124 valence electrons. The van der Waals surface area contributed by atoms with E-state index in [0.29, 0.717) is 17.7 Å². The second kappa shape index (κ2) is 6.20. The Bertz CT molecular complexity index is 775. The first-order chi connectivity index (χ1) is 11.7. The molecule has 3 heterocycles. The van der Waals surface area contributed by atoms with Crippen LogP contribution in [0.15, 0.2) is 36.7 Å². The molecular weight excluding hydrogens is 309 g/mol. The Hall–Kier alpha value is -2.47. The molecule has 2 aromatic rings. The molecule has 1 aromatic heterocycles. The van der Waals surface area contributed by atoms with Gasteiger partial charge in [-0.1, -0.05) is 6.07 Å². The number of aromatic nitrogens is 1. The van der Waals surface area contributed by atoms with Crippen LogP contribution in [0.5, 0.6) is 5.75 Å². The average Bonchev–Trinajstić information content (AvgIpc) is 2.62. The maximum Gasteiger partial charge on any atom is 0.319 e. The van der Waals surface area contributed by atoms with Crippen LogP contribution in [0.1, 0.15) is 17.0 Å². The fraction of sp³-hybridized carbons (Fsp3) is 0.333. The lowest BCUT2D eigenvalue weighted by atomic mass is 9.90. The second-order valence-corrected chi connectivity index (χ2v) is 6.10. The largest absolute Gasteiger partial charge is 0.426 e. The summed E-state index contributed by atoms with van der Waals surface area (Å²) in [5.41, 5.74) is 2.32. The highest BCUT2D eigenvalue weighted by atomic mass is 19.1. The zero-order chi connectivity index (χ0) is 16.5. The molecule has 2 aliphatic heterocycles. The molecule has 0 spiro atoms. The van der Waals surface area contributed by atoms with Crippen molar-refractivity contribution in [1.29, 1.82) is 0 Å². The minimum atomic E-state index is -0.620. The number of halogens is 1. The Morgan fingerprint density at radius 3 is 2.88 bits per heavy atom. The number of pyridine rings is 1. The van der Waals surface area contributed by atoms with E-state index in [0.717, 1.165) is 43.6 Å². The molecule has 0 radical (unpaired) electrons. The van der Waals surface area contributed by atoms with Gasteiger partial charge in [0.25, 0.3) is 0 Å². The highest BCUT2D eigenvalue weighted by molar-refractivity contribution is 5.83. The van der Waals surface area contributed by atoms with Gasteiger partial charge in [0.2, 0.25) is 0 Å². The number of carbonyl (C=O) groups excluding carboxylic acids is 1. The summed E-state index contributed by atoms with van der Waals surface area (Å²) in [4.78, 5) is 18.4. The van der Waals surface area contributed by atoms with Gasteiger partial charge in [-0.3, -0.25) is 9.78 Å². The van der Waals surface area contributed by atoms with Gasteiger partial charge in [-0.2, -0.15) is 0 Å². The zero-order valence-electron chi connectivity index (χ0n) is 13.2. The number of nitrogens with one attached hydrogen (secondary N) is 1. The Morgan fingerprint density at radius 1 is 1.25 bits per heavy atom. The van der Waals surface area contributed by atoms with Gasteiger partial charge in [0, 0.05) is 49.7 Å². The number of hydrogen-bond donors (Lipinski definition) is 1. The minimum Gasteiger partial charge on any atom is -0.426 e. The van der Waals surface area contributed by atoms with E-state index in [1.807, 2.05) is 18.2 Å². The highest BCUT2D eigenvalue weighted by Crippen LogP contribution is 2.36. The first-order valence-corrected chi connectivity index (χ1v) is 8.12. The molecule has 0 amide bonds. The van der Waals surface area contributed by atoms with E-state index < -0.39 is 17.7 Å². The van der Waals surface area contributed by atoms with Gasteiger partial charge in [0.05, 0.1) is 12.1 Å². The molecule has 5 nitrogen and oxygen atoms in total. The molecule has 1 atom stereocenters. The van der Waals surface area contributed by atoms with Crippen molar-refractivity contribution in [2.75, 3.05) is 31.1 Å². The molecule has 4 rings (SSSR count). The van der Waals surface area contributed by atoms with Gasteiger partial charge in [-0.05, 0) is 24.1 Å². The summed E-state index contributed by atoms with van der Waals surface area (Å²) in [5, 5.41) is 3.32. The van der Waals surface area contributed by atoms with Crippen molar-refractivity contribution in [2.24, 2.45) is 0 Å². The Kier molecular flexibility index (Phi) is 3.90. The standard InChI is InChI=1S/C18H18FN3O2/c19-16-11-21-4-3-14(16)15-9-12-1-2-13(10-17(12)24-18(15)23)22-7-5-20-6-8-22/h1-4,10-11,15,20H,5-9H2. The smallest absolute Gasteiger partial charge is 0.319 e. The topological polar surface area (TPSA) is 54.5 Å². The molecule has 0 bridgehead atoms. The quantitative estimate of drug-likeness (QED) is 0.674. The van der Waals surface area contributed by atoms with Crippen molar-refractivity contribution in [1.82, 2.24) is 10.3 Å². The third kappa shape index (κ3) is 2.73. The number of hydrogen-bond acceptors (Lipinski definition) is 5. The van der Waals surface area contributed by atoms with Crippen LogP contribution in [-0.2, 0) is 11.2 Å². The van der Waals surface area contributed by atoms with E-state index in [-0.39, 0.29) is 0 Å². The van der Waals surface area contributed by atoms with E-state index in [2.05, 4.69) is 15.2 Å². The number of piperazine rings is 1. The molecule has 0 aliphatic carbocycles. The summed E-state index contributed by atoms with van der Waals surface area (Å²) in [6.07, 6.45) is 3.07. The van der Waals surface area contributed by atoms with E-state index in [4.69, 9.17) is 4.74 Å². The van der Waals surface area contributed by atoms with Crippen molar-refractivity contribution < 1.29 is 13.9 Å². The fourth-order valence-electron chi connectivity index (χ4n) is 3.31. The first-order valence-electron chi connectivity index (χ1n) is 8.12. The summed E-state index contributed by atoms with van der Waals surface area (Å²) in [7, 11) is 0. The van der Waals surface area contributed by atoms with E-state index in [9.17, 15) is 9.18 Å². The van der Waals surface area contributed by atoms with Crippen LogP contribution >= 0.6 is 0 Å². The average molecular weight is 327 g/mol. The van der Waals surface area contributed by atoms with Crippen molar-refractivity contribution in [3.05, 3.63) is 53.6 Å². The molecule has 24 heavy (non-hydrogen) atoms. The number of anilines is 1.